The Kier molecular flexibility index (Phi) is 6.49. The van der Waals surface area contributed by atoms with E-state index >= 15 is 0 Å². The van der Waals surface area contributed by atoms with Crippen molar-refractivity contribution in [1.29, 1.82) is 0 Å². The maximum Gasteiger partial charge on any atom is 0.387 e. The molecule has 1 amide bonds. The van der Waals surface area contributed by atoms with Crippen molar-refractivity contribution in [3.8, 4) is 11.5 Å². The van der Waals surface area contributed by atoms with Gasteiger partial charge >= 0.3 is 6.61 Å². The molecule has 0 bridgehead atoms. The Morgan fingerprint density at radius 2 is 2.07 bits per heavy atom. The second kappa shape index (κ2) is 9.05. The third-order valence-electron chi connectivity index (χ3n) is 4.40. The third kappa shape index (κ3) is 4.92. The molecule has 0 radical (unpaired) electrons. The van der Waals surface area contributed by atoms with Gasteiger partial charge in [0.05, 0.1) is 12.1 Å². The van der Waals surface area contributed by atoms with Crippen LogP contribution in [0.5, 0.6) is 11.5 Å². The van der Waals surface area contributed by atoms with Crippen molar-refractivity contribution in [2.24, 2.45) is 0 Å². The minimum Gasteiger partial charge on any atom is -0.493 e. The lowest BCUT2D eigenvalue weighted by molar-refractivity contribution is -0.117. The van der Waals surface area contributed by atoms with Crippen molar-refractivity contribution >= 4 is 35.1 Å². The zero-order valence-corrected chi connectivity index (χ0v) is 16.3. The fourth-order valence-corrected chi connectivity index (χ4v) is 3.32. The van der Waals surface area contributed by atoms with Crippen molar-refractivity contribution in [1.82, 2.24) is 0 Å². The monoisotopic (exact) mass is 421 g/mol. The zero-order valence-electron chi connectivity index (χ0n) is 15.5. The van der Waals surface area contributed by atoms with Gasteiger partial charge in [-0.3, -0.25) is 9.59 Å². The number of halogens is 3. The lowest BCUT2D eigenvalue weighted by Crippen LogP contribution is -2.23. The van der Waals surface area contributed by atoms with Crippen molar-refractivity contribution in [3.05, 3.63) is 58.6 Å². The average molecular weight is 422 g/mol. The molecule has 0 unspecified atom stereocenters. The van der Waals surface area contributed by atoms with Gasteiger partial charge in [0.2, 0.25) is 5.91 Å². The lowest BCUT2D eigenvalue weighted by Gasteiger charge is -2.16. The molecule has 2 aromatic carbocycles. The number of carbonyl (C=O) groups is 2. The Balaban J connectivity index is 1.80. The molecular weight excluding hydrogens is 404 g/mol. The molecule has 3 rings (SSSR count). The van der Waals surface area contributed by atoms with E-state index in [9.17, 15) is 18.4 Å². The lowest BCUT2D eigenvalue weighted by atomic mass is 10.1. The van der Waals surface area contributed by atoms with Crippen LogP contribution in [-0.4, -0.2) is 32.0 Å². The molecule has 2 aromatic rings. The number of rotatable bonds is 7. The molecule has 5 nitrogen and oxygen atoms in total. The number of anilines is 1. The number of hydrogen-bond donors (Lipinski definition) is 0. The Morgan fingerprint density at radius 1 is 1.28 bits per heavy atom. The van der Waals surface area contributed by atoms with Crippen LogP contribution in [0.25, 0.3) is 6.08 Å². The van der Waals surface area contributed by atoms with Gasteiger partial charge in [-0.2, -0.15) is 8.78 Å². The Morgan fingerprint density at radius 3 is 2.72 bits per heavy atom. The summed E-state index contributed by atoms with van der Waals surface area (Å²) in [5.41, 5.74) is 1.59. The Labute approximate surface area is 171 Å². The first kappa shape index (κ1) is 20.8. The van der Waals surface area contributed by atoms with Crippen molar-refractivity contribution in [2.75, 3.05) is 18.6 Å². The van der Waals surface area contributed by atoms with E-state index in [2.05, 4.69) is 4.74 Å². The van der Waals surface area contributed by atoms with Gasteiger partial charge in [0.1, 0.15) is 0 Å². The van der Waals surface area contributed by atoms with Crippen LogP contribution in [0, 0.1) is 0 Å². The van der Waals surface area contributed by atoms with E-state index in [1.807, 2.05) is 0 Å². The van der Waals surface area contributed by atoms with Gasteiger partial charge < -0.3 is 14.4 Å². The molecule has 8 heteroatoms. The smallest absolute Gasteiger partial charge is 0.387 e. The van der Waals surface area contributed by atoms with Gasteiger partial charge in [-0.15, -0.1) is 0 Å². The first-order chi connectivity index (χ1) is 13.9. The molecule has 0 N–H and O–H groups in total. The number of hydrogen-bond acceptors (Lipinski definition) is 4. The molecule has 0 saturated carbocycles. The zero-order chi connectivity index (χ0) is 21.0. The van der Waals surface area contributed by atoms with E-state index in [-0.39, 0.29) is 28.2 Å². The predicted molar refractivity (Wildman–Crippen MR) is 106 cm³/mol. The molecule has 1 aliphatic rings. The van der Waals surface area contributed by atoms with Crippen LogP contribution >= 0.6 is 11.6 Å². The third-order valence-corrected chi connectivity index (χ3v) is 4.68. The van der Waals surface area contributed by atoms with Gasteiger partial charge in [-0.1, -0.05) is 29.8 Å². The number of methoxy groups -OCH3 is 1. The minimum atomic E-state index is -3.04. The summed E-state index contributed by atoms with van der Waals surface area (Å²) in [6.07, 6.45) is 4.14. The van der Waals surface area contributed by atoms with Crippen LogP contribution in [-0.2, 0) is 4.79 Å². The van der Waals surface area contributed by atoms with Crippen LogP contribution in [0.1, 0.15) is 28.8 Å². The first-order valence-electron chi connectivity index (χ1n) is 8.84. The second-order valence-corrected chi connectivity index (χ2v) is 6.72. The Bertz CT molecular complexity index is 962. The summed E-state index contributed by atoms with van der Waals surface area (Å²) >= 11 is 6.00. The summed E-state index contributed by atoms with van der Waals surface area (Å²) < 4.78 is 34.4. The number of benzene rings is 2. The average Bonchev–Trinajstić information content (AvgIpc) is 3.13. The van der Waals surface area contributed by atoms with E-state index in [1.165, 1.54) is 31.4 Å². The van der Waals surface area contributed by atoms with Crippen molar-refractivity contribution < 1.29 is 27.8 Å². The second-order valence-electron chi connectivity index (χ2n) is 6.31. The first-order valence-corrected chi connectivity index (χ1v) is 9.22. The highest BCUT2D eigenvalue weighted by Crippen LogP contribution is 2.37. The van der Waals surface area contributed by atoms with Crippen LogP contribution in [0.4, 0.5) is 14.5 Å². The molecule has 29 heavy (non-hydrogen) atoms. The number of ether oxygens (including phenoxy) is 2. The minimum absolute atomic E-state index is 0.0273. The van der Waals surface area contributed by atoms with Crippen LogP contribution in [0.15, 0.2) is 42.5 Å². The summed E-state index contributed by atoms with van der Waals surface area (Å²) in [6, 6.07) is 9.67. The van der Waals surface area contributed by atoms with Gasteiger partial charge in [0, 0.05) is 24.2 Å². The quantitative estimate of drug-likeness (QED) is 0.467. The highest BCUT2D eigenvalue weighted by molar-refractivity contribution is 6.32. The molecule has 1 fully saturated rings. The topological polar surface area (TPSA) is 55.8 Å². The van der Waals surface area contributed by atoms with E-state index in [4.69, 9.17) is 16.3 Å². The highest BCUT2D eigenvalue weighted by Gasteiger charge is 2.22. The molecule has 0 aromatic heterocycles. The highest BCUT2D eigenvalue weighted by atomic mass is 35.5. The van der Waals surface area contributed by atoms with E-state index in [1.54, 1.807) is 29.2 Å². The van der Waals surface area contributed by atoms with Crippen molar-refractivity contribution in [2.45, 2.75) is 19.5 Å². The molecule has 152 valence electrons. The normalized spacial score (nSPS) is 14.1. The standard InChI is InChI=1S/C21H18ClF2NO4/c1-28-18-11-13(10-16(22)20(18)29-21(23)24)7-8-17(26)14-4-2-5-15(12-14)25-9-3-6-19(25)27/h2,4-5,7-8,10-12,21H,3,6,9H2,1H3/b8-7+. The van der Waals surface area contributed by atoms with Crippen LogP contribution < -0.4 is 14.4 Å². The SMILES string of the molecule is COc1cc(/C=C/C(=O)c2cccc(N3CCCC3=O)c2)cc(Cl)c1OC(F)F. The van der Waals surface area contributed by atoms with Crippen LogP contribution in [0.2, 0.25) is 5.02 Å². The van der Waals surface area contributed by atoms with Gasteiger partial charge in [-0.05, 0) is 42.3 Å². The summed E-state index contributed by atoms with van der Waals surface area (Å²) in [5, 5.41) is -0.0636. The number of allylic oxidation sites excluding steroid dienone is 1. The fraction of sp³-hybridized carbons (Fsp3) is 0.238. The van der Waals surface area contributed by atoms with Gasteiger partial charge in [-0.25, -0.2) is 0 Å². The van der Waals surface area contributed by atoms with Gasteiger partial charge in [0.15, 0.2) is 17.3 Å². The molecule has 1 aliphatic heterocycles. The number of alkyl halides is 2. The number of nitrogens with zero attached hydrogens (tertiary/aromatic N) is 1. The summed E-state index contributed by atoms with van der Waals surface area (Å²) in [6.45, 7) is -2.41. The summed E-state index contributed by atoms with van der Waals surface area (Å²) in [5.74, 6) is -0.477. The number of ketones is 1. The molecular formula is C21H18ClF2NO4. The summed E-state index contributed by atoms with van der Waals surface area (Å²) in [4.78, 5) is 26.1. The molecule has 1 heterocycles. The molecule has 1 saturated heterocycles. The Hall–Kier alpha value is -2.93. The molecule has 0 spiro atoms. The fourth-order valence-electron chi connectivity index (χ4n) is 3.06. The summed E-state index contributed by atoms with van der Waals surface area (Å²) in [7, 11) is 1.30. The van der Waals surface area contributed by atoms with E-state index in [0.717, 1.165) is 6.42 Å². The number of amides is 1. The number of carbonyl (C=O) groups excluding carboxylic acids is 2. The van der Waals surface area contributed by atoms with Crippen molar-refractivity contribution in [3.63, 3.8) is 0 Å². The maximum atomic E-state index is 12.5. The molecule has 0 aliphatic carbocycles. The van der Waals surface area contributed by atoms with E-state index in [0.29, 0.717) is 29.8 Å². The van der Waals surface area contributed by atoms with Crippen LogP contribution in [0.3, 0.4) is 0 Å². The largest absolute Gasteiger partial charge is 0.493 e. The van der Waals surface area contributed by atoms with Gasteiger partial charge in [0.25, 0.3) is 0 Å². The maximum absolute atomic E-state index is 12.5. The van der Waals surface area contributed by atoms with E-state index < -0.39 is 6.61 Å². The molecule has 0 atom stereocenters. The predicted octanol–water partition coefficient (Wildman–Crippen LogP) is 4.97.